The monoisotopic (exact) mass is 495 g/mol. The fraction of sp³-hybridized carbons (Fsp3) is 0.370. The Bertz CT molecular complexity index is 1130. The Hall–Kier alpha value is -3.44. The Morgan fingerprint density at radius 2 is 1.71 bits per heavy atom. The summed E-state index contributed by atoms with van der Waals surface area (Å²) in [4.78, 5) is 40.3. The first kappa shape index (κ1) is 27.8. The molecule has 2 N–H and O–H groups in total. The third-order valence-corrected chi connectivity index (χ3v) is 5.67. The molecule has 186 valence electrons. The molecule has 0 bridgehead atoms. The first-order valence-electron chi connectivity index (χ1n) is 11.2. The molecule has 8 heteroatoms. The quantitative estimate of drug-likeness (QED) is 0.299. The lowest BCUT2D eigenvalue weighted by Gasteiger charge is -2.30. The number of hydrogen-bond acceptors (Lipinski definition) is 5. The Morgan fingerprint density at radius 1 is 1.06 bits per heavy atom. The minimum atomic E-state index is -1.14. The molecule has 2 aromatic carbocycles. The van der Waals surface area contributed by atoms with Crippen molar-refractivity contribution in [2.24, 2.45) is 0 Å². The molecule has 0 heterocycles. The molecule has 3 amide bonds. The number of carbonyl (C=O) groups is 3. The van der Waals surface area contributed by atoms with Crippen LogP contribution in [-0.4, -0.2) is 40.2 Å². The zero-order valence-electron chi connectivity index (χ0n) is 21.0. The highest BCUT2D eigenvalue weighted by atomic mass is 32.1. The van der Waals surface area contributed by atoms with Crippen LogP contribution < -0.4 is 10.6 Å². The molecule has 7 nitrogen and oxygen atoms in total. The van der Waals surface area contributed by atoms with E-state index in [0.29, 0.717) is 11.3 Å². The molecule has 2 aromatic rings. The SMILES string of the molecule is C#CN(C(=O)C(CS)NC(=O)OC(C)(C)C)C(C(=O)Nc1ccccc1C)c1ccc(C)c(C)c1. The minimum Gasteiger partial charge on any atom is -0.444 e. The summed E-state index contributed by atoms with van der Waals surface area (Å²) in [7, 11) is 0. The highest BCUT2D eigenvalue weighted by Crippen LogP contribution is 2.26. The van der Waals surface area contributed by atoms with Crippen LogP contribution in [0, 0.1) is 33.2 Å². The maximum Gasteiger partial charge on any atom is 0.408 e. The van der Waals surface area contributed by atoms with E-state index in [1.54, 1.807) is 39.0 Å². The summed E-state index contributed by atoms with van der Waals surface area (Å²) < 4.78 is 5.26. The van der Waals surface area contributed by atoms with Gasteiger partial charge in [0.15, 0.2) is 0 Å². The van der Waals surface area contributed by atoms with Crippen LogP contribution in [0.1, 0.15) is 49.1 Å². The van der Waals surface area contributed by atoms with Gasteiger partial charge >= 0.3 is 6.09 Å². The Kier molecular flexibility index (Phi) is 9.38. The number of thiol groups is 1. The first-order valence-corrected chi connectivity index (χ1v) is 11.8. The van der Waals surface area contributed by atoms with Gasteiger partial charge in [-0.15, -0.1) is 0 Å². The number of benzene rings is 2. The molecule has 0 aromatic heterocycles. The van der Waals surface area contributed by atoms with Crippen molar-refractivity contribution in [2.75, 3.05) is 11.1 Å². The van der Waals surface area contributed by atoms with E-state index >= 15 is 0 Å². The van der Waals surface area contributed by atoms with Gasteiger partial charge in [0.25, 0.3) is 11.8 Å². The first-order chi connectivity index (χ1) is 16.4. The fourth-order valence-electron chi connectivity index (χ4n) is 3.34. The molecule has 0 aliphatic heterocycles. The number of aryl methyl sites for hydroxylation is 3. The number of rotatable bonds is 7. The van der Waals surface area contributed by atoms with Crippen LogP contribution in [0.2, 0.25) is 0 Å². The van der Waals surface area contributed by atoms with Crippen molar-refractivity contribution in [2.45, 2.75) is 59.2 Å². The fourth-order valence-corrected chi connectivity index (χ4v) is 3.58. The summed E-state index contributed by atoms with van der Waals surface area (Å²) in [6.45, 7) is 10.9. The largest absolute Gasteiger partial charge is 0.444 e. The highest BCUT2D eigenvalue weighted by Gasteiger charge is 2.35. The molecule has 2 rings (SSSR count). The van der Waals surface area contributed by atoms with Gasteiger partial charge < -0.3 is 15.4 Å². The summed E-state index contributed by atoms with van der Waals surface area (Å²) in [6.07, 6.45) is 4.99. The van der Waals surface area contributed by atoms with Crippen molar-refractivity contribution < 1.29 is 19.1 Å². The lowest BCUT2D eigenvalue weighted by atomic mass is 9.98. The van der Waals surface area contributed by atoms with E-state index in [0.717, 1.165) is 21.6 Å². The van der Waals surface area contributed by atoms with Gasteiger partial charge in [0.2, 0.25) is 0 Å². The molecular formula is C27H33N3O4S. The van der Waals surface area contributed by atoms with Gasteiger partial charge in [-0.2, -0.15) is 12.6 Å². The average molecular weight is 496 g/mol. The lowest BCUT2D eigenvalue weighted by Crippen LogP contribution is -2.51. The Morgan fingerprint density at radius 3 is 2.26 bits per heavy atom. The molecule has 2 atom stereocenters. The number of anilines is 1. The van der Waals surface area contributed by atoms with Gasteiger partial charge in [0.1, 0.15) is 17.7 Å². The van der Waals surface area contributed by atoms with Crippen LogP contribution in [0.3, 0.4) is 0 Å². The van der Waals surface area contributed by atoms with E-state index in [-0.39, 0.29) is 5.75 Å². The van der Waals surface area contributed by atoms with Crippen molar-refractivity contribution in [1.82, 2.24) is 10.2 Å². The van der Waals surface area contributed by atoms with Crippen molar-refractivity contribution in [1.29, 1.82) is 0 Å². The summed E-state index contributed by atoms with van der Waals surface area (Å²) in [5.74, 6) is -1.18. The topological polar surface area (TPSA) is 87.7 Å². The number of nitrogens with one attached hydrogen (secondary N) is 2. The molecule has 0 saturated carbocycles. The zero-order chi connectivity index (χ0) is 26.3. The molecule has 0 radical (unpaired) electrons. The summed E-state index contributed by atoms with van der Waals surface area (Å²) in [5.41, 5.74) is 3.23. The molecule has 0 aliphatic carbocycles. The van der Waals surface area contributed by atoms with E-state index in [1.165, 1.54) is 0 Å². The predicted octanol–water partition coefficient (Wildman–Crippen LogP) is 4.53. The maximum atomic E-state index is 13.6. The molecule has 0 spiro atoms. The van der Waals surface area contributed by atoms with Gasteiger partial charge in [-0.1, -0.05) is 42.8 Å². The van der Waals surface area contributed by atoms with Crippen molar-refractivity contribution in [3.8, 4) is 12.5 Å². The lowest BCUT2D eigenvalue weighted by molar-refractivity contribution is -0.136. The second-order valence-corrected chi connectivity index (χ2v) is 9.63. The Balaban J connectivity index is 2.45. The van der Waals surface area contributed by atoms with Crippen molar-refractivity contribution >= 4 is 36.2 Å². The predicted molar refractivity (Wildman–Crippen MR) is 141 cm³/mol. The molecular weight excluding hydrogens is 462 g/mol. The van der Waals surface area contributed by atoms with E-state index in [2.05, 4.69) is 29.3 Å². The van der Waals surface area contributed by atoms with Gasteiger partial charge in [-0.3, -0.25) is 14.5 Å². The van der Waals surface area contributed by atoms with E-state index in [1.807, 2.05) is 45.0 Å². The molecule has 0 fully saturated rings. The summed E-state index contributed by atoms with van der Waals surface area (Å²) >= 11 is 4.22. The number of carbonyl (C=O) groups excluding carboxylic acids is 3. The van der Waals surface area contributed by atoms with E-state index in [9.17, 15) is 14.4 Å². The van der Waals surface area contributed by atoms with E-state index in [4.69, 9.17) is 11.2 Å². The number of nitrogens with zero attached hydrogens (tertiary/aromatic N) is 1. The van der Waals surface area contributed by atoms with Crippen LogP contribution in [0.5, 0.6) is 0 Å². The molecule has 0 aliphatic rings. The smallest absolute Gasteiger partial charge is 0.408 e. The van der Waals surface area contributed by atoms with Gasteiger partial charge in [-0.05, 0) is 69.9 Å². The number of amides is 3. The van der Waals surface area contributed by atoms with Crippen LogP contribution in [0.25, 0.3) is 0 Å². The molecule has 2 unspecified atom stereocenters. The number of para-hydroxylation sites is 1. The van der Waals surface area contributed by atoms with E-state index < -0.39 is 35.6 Å². The van der Waals surface area contributed by atoms with Crippen LogP contribution in [-0.2, 0) is 14.3 Å². The third kappa shape index (κ3) is 7.52. The number of terminal acetylenes is 1. The van der Waals surface area contributed by atoms with Crippen molar-refractivity contribution in [3.05, 3.63) is 64.7 Å². The maximum absolute atomic E-state index is 13.6. The number of alkyl carbamates (subject to hydrolysis) is 1. The van der Waals surface area contributed by atoms with Gasteiger partial charge in [0, 0.05) is 17.5 Å². The second kappa shape index (κ2) is 11.8. The molecule has 35 heavy (non-hydrogen) atoms. The van der Waals surface area contributed by atoms with Crippen LogP contribution >= 0.6 is 12.6 Å². The summed E-state index contributed by atoms with van der Waals surface area (Å²) in [6, 6.07) is 12.9. The van der Waals surface area contributed by atoms with Crippen LogP contribution in [0.15, 0.2) is 42.5 Å². The number of ether oxygens (including phenoxy) is 1. The van der Waals surface area contributed by atoms with Gasteiger partial charge in [0.05, 0.1) is 0 Å². The average Bonchev–Trinajstić information content (AvgIpc) is 2.77. The third-order valence-electron chi connectivity index (χ3n) is 5.30. The Labute approximate surface area is 213 Å². The summed E-state index contributed by atoms with van der Waals surface area (Å²) in [5, 5.41) is 5.39. The highest BCUT2D eigenvalue weighted by molar-refractivity contribution is 7.80. The minimum absolute atomic E-state index is 0.0463. The van der Waals surface area contributed by atoms with Crippen LogP contribution in [0.4, 0.5) is 10.5 Å². The second-order valence-electron chi connectivity index (χ2n) is 9.27. The van der Waals surface area contributed by atoms with Gasteiger partial charge in [-0.25, -0.2) is 4.79 Å². The normalized spacial score (nSPS) is 12.6. The number of hydrogen-bond donors (Lipinski definition) is 3. The molecule has 0 saturated heterocycles. The standard InChI is InChI=1S/C27H33N3O4S/c1-8-30(25(32)22(16-35)29-26(33)34-27(5,6)7)23(20-14-13-17(2)19(4)15-20)24(31)28-21-12-10-9-11-18(21)3/h1,9-15,22-23,35H,16H2,2-7H3,(H,28,31)(H,29,33). The van der Waals surface area contributed by atoms with Crippen molar-refractivity contribution in [3.63, 3.8) is 0 Å². The zero-order valence-corrected chi connectivity index (χ0v) is 21.9.